The van der Waals surface area contributed by atoms with E-state index in [0.717, 1.165) is 12.0 Å². The van der Waals surface area contributed by atoms with Gasteiger partial charge in [-0.05, 0) is 24.1 Å². The molecule has 0 spiro atoms. The van der Waals surface area contributed by atoms with Crippen molar-refractivity contribution in [3.05, 3.63) is 35.4 Å². The van der Waals surface area contributed by atoms with Gasteiger partial charge in [0.15, 0.2) is 0 Å². The first kappa shape index (κ1) is 11.9. The minimum Gasteiger partial charge on any atom is -0.249 e. The predicted octanol–water partition coefficient (Wildman–Crippen LogP) is 2.71. The second-order valence-electron chi connectivity index (χ2n) is 2.42. The molecule has 1 rings (SSSR count). The second kappa shape index (κ2) is 5.54. The molecule has 0 amide bonds. The van der Waals surface area contributed by atoms with Gasteiger partial charge in [0.05, 0.1) is 5.56 Å². The number of hydrogen-bond acceptors (Lipinski definition) is 2. The number of hydrogen-bond donors (Lipinski definition) is 0. The summed E-state index contributed by atoms with van der Waals surface area (Å²) in [5, 5.41) is 0. The maximum absolute atomic E-state index is 11.5. The van der Waals surface area contributed by atoms with Gasteiger partial charge < -0.3 is 0 Å². The molecule has 0 unspecified atom stereocenters. The second-order valence-corrected chi connectivity index (χ2v) is 2.42. The Balaban J connectivity index is 0.00000144. The zero-order chi connectivity index (χ0) is 8.97. The summed E-state index contributed by atoms with van der Waals surface area (Å²) in [6.07, 6.45) is 0.813. The molecule has 0 aliphatic carbocycles. The molecule has 1 aromatic rings. The van der Waals surface area contributed by atoms with Gasteiger partial charge in [-0.3, -0.25) is 0 Å². The normalized spacial score (nSPS) is 8.77. The zero-order valence-electron chi connectivity index (χ0n) is 7.12. The highest BCUT2D eigenvalue weighted by molar-refractivity contribution is 5.89. The molecule has 4 heteroatoms. The summed E-state index contributed by atoms with van der Waals surface area (Å²) in [6.45, 7) is 1.96. The van der Waals surface area contributed by atoms with E-state index in [9.17, 15) is 9.32 Å². The molecule has 0 saturated heterocycles. The molecule has 72 valence electrons. The highest BCUT2D eigenvalue weighted by Crippen LogP contribution is 2.07. The number of rotatable bonds is 2. The molecule has 0 N–H and O–H groups in total. The third-order valence-electron chi connectivity index (χ3n) is 1.64. The maximum Gasteiger partial charge on any atom is 0.379 e. The Morgan fingerprint density at radius 1 is 1.54 bits per heavy atom. The van der Waals surface area contributed by atoms with Gasteiger partial charge in [0, 0.05) is 4.53 Å². The van der Waals surface area contributed by atoms with Crippen LogP contribution in [0.3, 0.4) is 0 Å². The minimum absolute atomic E-state index is 0. The van der Waals surface area contributed by atoms with Crippen molar-refractivity contribution in [1.29, 1.82) is 0 Å². The van der Waals surface area contributed by atoms with E-state index >= 15 is 0 Å². The Bertz CT molecular complexity index is 289. The minimum atomic E-state index is -0.940. The molecule has 0 saturated carbocycles. The van der Waals surface area contributed by atoms with Gasteiger partial charge in [-0.2, -0.15) is 0 Å². The highest BCUT2D eigenvalue weighted by Gasteiger charge is 2.06. The van der Waals surface area contributed by atoms with Crippen LogP contribution in [0.1, 0.15) is 22.8 Å². The lowest BCUT2D eigenvalue weighted by atomic mass is 10.1. The Hall–Kier alpha value is -1.09. The molecule has 13 heavy (non-hydrogen) atoms. The number of carbonyl (C=O) groups excluding carboxylic acids is 1. The average molecular weight is 205 g/mol. The maximum atomic E-state index is 11.5. The fraction of sp³-hybridized carbons (Fsp3) is 0.222. The van der Waals surface area contributed by atoms with Gasteiger partial charge in [0.1, 0.15) is 0 Å². The fourth-order valence-electron chi connectivity index (χ4n) is 0.963. The summed E-state index contributed by atoms with van der Waals surface area (Å²) in [6, 6.07) is 6.70. The van der Waals surface area contributed by atoms with Crippen LogP contribution in [0.15, 0.2) is 24.3 Å². The van der Waals surface area contributed by atoms with Crippen molar-refractivity contribution in [3.8, 4) is 0 Å². The highest BCUT2D eigenvalue weighted by atomic mass is 35.5. The van der Waals surface area contributed by atoms with Crippen molar-refractivity contribution in [2.45, 2.75) is 13.3 Å². The number of carbonyl (C=O) groups is 1. The largest absolute Gasteiger partial charge is 0.379 e. The van der Waals surface area contributed by atoms with Crippen LogP contribution in [0, 0.1) is 0 Å². The molecule has 1 aromatic carbocycles. The monoisotopic (exact) mass is 204 g/mol. The topological polar surface area (TPSA) is 26.3 Å². The zero-order valence-corrected chi connectivity index (χ0v) is 7.94. The lowest BCUT2D eigenvalue weighted by Crippen LogP contribution is -1.98. The summed E-state index contributed by atoms with van der Waals surface area (Å²) in [4.78, 5) is 13.8. The smallest absolute Gasteiger partial charge is 0.249 e. The van der Waals surface area contributed by atoms with E-state index in [0.29, 0.717) is 0 Å². The van der Waals surface area contributed by atoms with Crippen LogP contribution in [-0.4, -0.2) is 5.97 Å². The van der Waals surface area contributed by atoms with Gasteiger partial charge in [-0.1, -0.05) is 19.1 Å². The van der Waals surface area contributed by atoms with Crippen LogP contribution in [0.2, 0.25) is 0 Å². The molecule has 0 bridgehead atoms. The van der Waals surface area contributed by atoms with Crippen LogP contribution in [0.5, 0.6) is 0 Å². The lowest BCUT2D eigenvalue weighted by Gasteiger charge is -1.98. The summed E-state index contributed by atoms with van der Waals surface area (Å²) >= 11 is 0. The van der Waals surface area contributed by atoms with Crippen LogP contribution in [-0.2, 0) is 11.4 Å². The Kier molecular flexibility index (Phi) is 5.07. The lowest BCUT2D eigenvalue weighted by molar-refractivity contribution is -0.0788. The summed E-state index contributed by atoms with van der Waals surface area (Å²) in [5.41, 5.74) is 1.23. The van der Waals surface area contributed by atoms with E-state index < -0.39 is 5.97 Å². The van der Waals surface area contributed by atoms with E-state index in [1.54, 1.807) is 12.1 Å². The van der Waals surface area contributed by atoms with Crippen LogP contribution < -0.4 is 0 Å². The molecule has 2 nitrogen and oxygen atoms in total. The standard InChI is InChI=1S/C9H9FO2.ClH/c1-2-7-4-3-5-8(6-7)9(11)12-10;/h3-6H,2H2,1H3;1H. The number of benzene rings is 1. The van der Waals surface area contributed by atoms with Gasteiger partial charge in [0.2, 0.25) is 0 Å². The molecule has 0 fully saturated rings. The summed E-state index contributed by atoms with van der Waals surface area (Å²) in [5.74, 6) is -0.940. The van der Waals surface area contributed by atoms with E-state index in [-0.39, 0.29) is 18.0 Å². The SMILES string of the molecule is CCc1cccc(C(=O)OF)c1.Cl. The van der Waals surface area contributed by atoms with Gasteiger partial charge >= 0.3 is 5.97 Å². The van der Waals surface area contributed by atoms with E-state index in [1.807, 2.05) is 13.0 Å². The molecular weight excluding hydrogens is 195 g/mol. The van der Waals surface area contributed by atoms with E-state index in [4.69, 9.17) is 0 Å². The van der Waals surface area contributed by atoms with Crippen LogP contribution in [0.4, 0.5) is 4.53 Å². The molecule has 0 aromatic heterocycles. The van der Waals surface area contributed by atoms with E-state index in [2.05, 4.69) is 4.94 Å². The van der Waals surface area contributed by atoms with Crippen molar-refractivity contribution >= 4 is 18.4 Å². The van der Waals surface area contributed by atoms with Crippen molar-refractivity contribution in [1.82, 2.24) is 0 Å². The van der Waals surface area contributed by atoms with Crippen LogP contribution in [0.25, 0.3) is 0 Å². The van der Waals surface area contributed by atoms with Crippen LogP contribution >= 0.6 is 12.4 Å². The van der Waals surface area contributed by atoms with Crippen molar-refractivity contribution < 1.29 is 14.3 Å². The molecular formula is C9H10ClFO2. The molecule has 0 aliphatic rings. The van der Waals surface area contributed by atoms with Crippen molar-refractivity contribution in [2.75, 3.05) is 0 Å². The third-order valence-corrected chi connectivity index (χ3v) is 1.64. The number of aryl methyl sites for hydroxylation is 1. The third kappa shape index (κ3) is 3.03. The first-order valence-corrected chi connectivity index (χ1v) is 3.69. The summed E-state index contributed by atoms with van der Waals surface area (Å²) in [7, 11) is 0. The summed E-state index contributed by atoms with van der Waals surface area (Å²) < 4.78 is 11.5. The van der Waals surface area contributed by atoms with E-state index in [1.165, 1.54) is 6.07 Å². The van der Waals surface area contributed by atoms with Gasteiger partial charge in [-0.15, -0.1) is 12.4 Å². The molecule has 0 heterocycles. The van der Waals surface area contributed by atoms with Crippen molar-refractivity contribution in [3.63, 3.8) is 0 Å². The Morgan fingerprint density at radius 3 is 2.77 bits per heavy atom. The molecule has 0 radical (unpaired) electrons. The average Bonchev–Trinajstić information content (AvgIpc) is 2.17. The first-order valence-electron chi connectivity index (χ1n) is 3.69. The fourth-order valence-corrected chi connectivity index (χ4v) is 0.963. The molecule has 0 aliphatic heterocycles. The van der Waals surface area contributed by atoms with Crippen molar-refractivity contribution in [2.24, 2.45) is 0 Å². The Morgan fingerprint density at radius 2 is 2.23 bits per heavy atom. The first-order chi connectivity index (χ1) is 5.77. The van der Waals surface area contributed by atoms with Gasteiger partial charge in [0.25, 0.3) is 0 Å². The predicted molar refractivity (Wildman–Crippen MR) is 49.6 cm³/mol. The molecule has 0 atom stereocenters. The quantitative estimate of drug-likeness (QED) is 0.741. The Labute approximate surface area is 82.0 Å². The van der Waals surface area contributed by atoms with Gasteiger partial charge in [-0.25, -0.2) is 9.74 Å². The number of halogens is 2.